The number of aromatic nitrogens is 1. The van der Waals surface area contributed by atoms with Crippen molar-refractivity contribution >= 4 is 82.5 Å². The molecule has 0 radical (unpaired) electrons. The maximum Gasteiger partial charge on any atom is 0.333 e. The van der Waals surface area contributed by atoms with Crippen molar-refractivity contribution in [3.05, 3.63) is 173 Å². The lowest BCUT2D eigenvalue weighted by molar-refractivity contribution is 0.590. The number of rotatable bonds is 1. The fraction of sp³-hybridized carbons (Fsp3) is 0.226. The standard InChI is InChI=1S/C62H53BN2S/c1-59(2,3)34-23-26-36(27-24-34)65-49-32-40-37-17-11-14-20-44(37)61(7,8)46(40)30-43(49)55-56-53(39-19-12-15-21-45(39)62(56,9)10)54-42-29-35(60(4,5)6)25-28-48(42)64-50-33-52-41(38-18-13-16-22-51(38)66-52)31-47(50)63(65)57(55)58(54)64/h11-33H,1-10H3. The van der Waals surface area contributed by atoms with E-state index in [1.807, 2.05) is 11.3 Å². The van der Waals surface area contributed by atoms with Crippen molar-refractivity contribution < 1.29 is 0 Å². The lowest BCUT2D eigenvalue weighted by Gasteiger charge is -2.44. The van der Waals surface area contributed by atoms with E-state index < -0.39 is 0 Å². The van der Waals surface area contributed by atoms with E-state index in [1.165, 1.54) is 137 Å². The van der Waals surface area contributed by atoms with Gasteiger partial charge in [-0.1, -0.05) is 160 Å². The molecule has 66 heavy (non-hydrogen) atoms. The molecule has 0 bridgehead atoms. The van der Waals surface area contributed by atoms with Gasteiger partial charge in [0.15, 0.2) is 0 Å². The van der Waals surface area contributed by atoms with Crippen LogP contribution in [0.25, 0.3) is 81.0 Å². The van der Waals surface area contributed by atoms with Gasteiger partial charge in [-0.15, -0.1) is 11.3 Å². The molecule has 0 saturated heterocycles. The maximum atomic E-state index is 2.76. The molecule has 2 aliphatic heterocycles. The van der Waals surface area contributed by atoms with E-state index in [2.05, 4.69) is 218 Å². The van der Waals surface area contributed by atoms with Gasteiger partial charge in [0.05, 0.1) is 11.0 Å². The summed E-state index contributed by atoms with van der Waals surface area (Å²) in [6.07, 6.45) is 0. The average Bonchev–Trinajstić information content (AvgIpc) is 3.97. The molecule has 0 spiro atoms. The number of thiophene rings is 1. The number of fused-ring (bicyclic) bond motifs is 19. The van der Waals surface area contributed by atoms with E-state index in [4.69, 9.17) is 0 Å². The quantitative estimate of drug-likeness (QED) is 0.149. The first-order valence-electron chi connectivity index (χ1n) is 24.0. The molecule has 0 saturated carbocycles. The Morgan fingerprint density at radius 1 is 0.500 bits per heavy atom. The number of benzene rings is 8. The third-order valence-electron chi connectivity index (χ3n) is 16.4. The molecule has 4 aliphatic rings. The highest BCUT2D eigenvalue weighted by atomic mass is 32.1. The summed E-state index contributed by atoms with van der Waals surface area (Å²) in [5.41, 5.74) is 25.5. The number of hydrogen-bond donors (Lipinski definition) is 0. The Hall–Kier alpha value is -6.36. The van der Waals surface area contributed by atoms with Gasteiger partial charge in [-0.05, 0) is 131 Å². The van der Waals surface area contributed by atoms with E-state index in [1.54, 1.807) is 0 Å². The van der Waals surface area contributed by atoms with E-state index in [0.29, 0.717) is 0 Å². The largest absolute Gasteiger partial charge is 0.376 e. The summed E-state index contributed by atoms with van der Waals surface area (Å²) >= 11 is 1.92. The van der Waals surface area contributed by atoms with Crippen molar-refractivity contribution in [2.24, 2.45) is 0 Å². The Balaban J connectivity index is 1.24. The molecule has 320 valence electrons. The first-order valence-corrected chi connectivity index (χ1v) is 24.8. The van der Waals surface area contributed by atoms with Crippen LogP contribution in [-0.4, -0.2) is 11.4 Å². The smallest absolute Gasteiger partial charge is 0.333 e. The third-order valence-corrected chi connectivity index (χ3v) is 17.6. The van der Waals surface area contributed by atoms with Crippen LogP contribution in [0.4, 0.5) is 11.4 Å². The summed E-state index contributed by atoms with van der Waals surface area (Å²) in [5.74, 6) is 0. The molecule has 2 nitrogen and oxygen atoms in total. The summed E-state index contributed by atoms with van der Waals surface area (Å²) in [5, 5.41) is 5.43. The predicted molar refractivity (Wildman–Crippen MR) is 285 cm³/mol. The van der Waals surface area contributed by atoms with Gasteiger partial charge in [-0.3, -0.25) is 0 Å². The molecule has 0 N–H and O–H groups in total. The SMILES string of the molecule is CC(C)(C)c1ccc(N2B3c4cc5c(cc4-n4c6ccc(C(C)(C)C)cc6c6c7c(c(c3c64)-c3cc4c(cc32)-c2ccccc2C4(C)C)C(C)(C)c2ccccc2-7)sc2ccccc25)cc1. The van der Waals surface area contributed by atoms with Crippen molar-refractivity contribution in [1.29, 1.82) is 0 Å². The van der Waals surface area contributed by atoms with E-state index >= 15 is 0 Å². The van der Waals surface area contributed by atoms with Crippen LogP contribution in [0.5, 0.6) is 0 Å². The van der Waals surface area contributed by atoms with Gasteiger partial charge < -0.3 is 9.38 Å². The molecule has 2 aromatic heterocycles. The van der Waals surface area contributed by atoms with E-state index in [-0.39, 0.29) is 28.5 Å². The monoisotopic (exact) mass is 868 g/mol. The molecule has 0 amide bonds. The van der Waals surface area contributed by atoms with Gasteiger partial charge in [0.2, 0.25) is 0 Å². The molecular formula is C62H53BN2S. The second-order valence-corrected chi connectivity index (χ2v) is 24.0. The summed E-state index contributed by atoms with van der Waals surface area (Å²) in [4.78, 5) is 2.76. The molecule has 0 fully saturated rings. The highest BCUT2D eigenvalue weighted by Gasteiger charge is 2.51. The molecule has 2 aliphatic carbocycles. The number of anilines is 2. The Bertz CT molecular complexity index is 3840. The van der Waals surface area contributed by atoms with Crippen molar-refractivity contribution in [3.63, 3.8) is 0 Å². The normalized spacial score (nSPS) is 15.9. The first kappa shape index (κ1) is 38.9. The second kappa shape index (κ2) is 12.3. The van der Waals surface area contributed by atoms with Crippen molar-refractivity contribution in [2.45, 2.75) is 90.9 Å². The molecule has 10 aromatic rings. The topological polar surface area (TPSA) is 8.17 Å². The Labute approximate surface area is 392 Å². The Morgan fingerprint density at radius 3 is 1.91 bits per heavy atom. The van der Waals surface area contributed by atoms with Gasteiger partial charge in [-0.25, -0.2) is 0 Å². The third kappa shape index (κ3) is 4.73. The summed E-state index contributed by atoms with van der Waals surface area (Å²) in [6.45, 7) is 23.8. The summed E-state index contributed by atoms with van der Waals surface area (Å²) in [7, 11) is 0. The molecule has 8 aromatic carbocycles. The van der Waals surface area contributed by atoms with Crippen LogP contribution < -0.4 is 15.7 Å². The lowest BCUT2D eigenvalue weighted by atomic mass is 9.43. The van der Waals surface area contributed by atoms with Crippen LogP contribution in [0.15, 0.2) is 140 Å². The minimum atomic E-state index is -0.258. The van der Waals surface area contributed by atoms with Gasteiger partial charge in [0, 0.05) is 64.4 Å². The zero-order chi connectivity index (χ0) is 45.1. The Morgan fingerprint density at radius 2 is 1.17 bits per heavy atom. The highest BCUT2D eigenvalue weighted by Crippen LogP contribution is 2.61. The predicted octanol–water partition coefficient (Wildman–Crippen LogP) is 15.6. The van der Waals surface area contributed by atoms with Crippen molar-refractivity contribution in [2.75, 3.05) is 4.81 Å². The molecule has 0 unspecified atom stereocenters. The van der Waals surface area contributed by atoms with E-state index in [0.717, 1.165) is 0 Å². The van der Waals surface area contributed by atoms with Crippen molar-refractivity contribution in [1.82, 2.24) is 4.57 Å². The van der Waals surface area contributed by atoms with Gasteiger partial charge >= 0.3 is 6.85 Å². The van der Waals surface area contributed by atoms with Gasteiger partial charge in [0.25, 0.3) is 0 Å². The minimum Gasteiger partial charge on any atom is -0.376 e. The molecule has 4 heteroatoms. The first-order chi connectivity index (χ1) is 31.5. The van der Waals surface area contributed by atoms with Crippen LogP contribution in [-0.2, 0) is 21.7 Å². The van der Waals surface area contributed by atoms with Gasteiger partial charge in [-0.2, -0.15) is 0 Å². The Kier molecular flexibility index (Phi) is 7.27. The molecule has 0 atom stereocenters. The van der Waals surface area contributed by atoms with E-state index in [9.17, 15) is 0 Å². The molecule has 4 heterocycles. The average molecular weight is 869 g/mol. The van der Waals surface area contributed by atoms with Crippen molar-refractivity contribution in [3.8, 4) is 39.1 Å². The summed E-state index contributed by atoms with van der Waals surface area (Å²) < 4.78 is 5.38. The molecular weight excluding hydrogens is 816 g/mol. The lowest BCUT2D eigenvalue weighted by Crippen LogP contribution is -2.61. The highest BCUT2D eigenvalue weighted by molar-refractivity contribution is 7.26. The zero-order valence-electron chi connectivity index (χ0n) is 39.7. The zero-order valence-corrected chi connectivity index (χ0v) is 40.5. The van der Waals surface area contributed by atoms with Crippen LogP contribution >= 0.6 is 11.3 Å². The minimum absolute atomic E-state index is 0.0131. The van der Waals surface area contributed by atoms with Crippen LogP contribution in [0.1, 0.15) is 103 Å². The fourth-order valence-electron chi connectivity index (χ4n) is 13.1. The van der Waals surface area contributed by atoms with Gasteiger partial charge in [0.1, 0.15) is 0 Å². The number of hydrogen-bond acceptors (Lipinski definition) is 2. The maximum absolute atomic E-state index is 2.76. The number of nitrogens with zero attached hydrogens (tertiary/aromatic N) is 2. The summed E-state index contributed by atoms with van der Waals surface area (Å²) in [6, 6.07) is 55.0. The second-order valence-electron chi connectivity index (χ2n) is 22.9. The van der Waals surface area contributed by atoms with Crippen LogP contribution in [0.2, 0.25) is 0 Å². The van der Waals surface area contributed by atoms with Crippen LogP contribution in [0.3, 0.4) is 0 Å². The molecule has 14 rings (SSSR count). The fourth-order valence-corrected chi connectivity index (χ4v) is 14.3. The van der Waals surface area contributed by atoms with Crippen LogP contribution in [0, 0.1) is 0 Å².